The first-order valence-corrected chi connectivity index (χ1v) is 9.47. The van der Waals surface area contributed by atoms with Crippen molar-refractivity contribution in [3.05, 3.63) is 23.7 Å². The van der Waals surface area contributed by atoms with Crippen LogP contribution in [0.4, 0.5) is 0 Å². The third-order valence-electron chi connectivity index (χ3n) is 6.10. The molecule has 4 rings (SSSR count). The Morgan fingerprint density at radius 3 is 2.67 bits per heavy atom. The summed E-state index contributed by atoms with van der Waals surface area (Å²) < 4.78 is 12.0. The molecule has 0 N–H and O–H groups in total. The van der Waals surface area contributed by atoms with Crippen LogP contribution in [0.1, 0.15) is 17.9 Å². The predicted molar refractivity (Wildman–Crippen MR) is 94.0 cm³/mol. The number of rotatable bonds is 4. The first-order valence-electron chi connectivity index (χ1n) is 9.47. The van der Waals surface area contributed by atoms with Crippen LogP contribution in [0.15, 0.2) is 16.5 Å². The number of likely N-dealkylation sites (N-methyl/N-ethyl adjacent to an activating group) is 1. The van der Waals surface area contributed by atoms with E-state index in [-0.39, 0.29) is 0 Å². The first-order chi connectivity index (χ1) is 11.7. The summed E-state index contributed by atoms with van der Waals surface area (Å²) in [7, 11) is 2.22. The van der Waals surface area contributed by atoms with Crippen molar-refractivity contribution in [2.24, 2.45) is 11.8 Å². The van der Waals surface area contributed by atoms with Gasteiger partial charge in [0.15, 0.2) is 0 Å². The number of hydrogen-bond acceptors (Lipinski definition) is 5. The van der Waals surface area contributed by atoms with Crippen LogP contribution in [-0.4, -0.2) is 80.3 Å². The normalized spacial score (nSPS) is 33.0. The van der Waals surface area contributed by atoms with E-state index in [0.29, 0.717) is 12.0 Å². The largest absolute Gasteiger partial charge is 0.465 e. The maximum Gasteiger partial charge on any atom is 0.118 e. The van der Waals surface area contributed by atoms with Crippen molar-refractivity contribution in [3.63, 3.8) is 0 Å². The van der Waals surface area contributed by atoms with E-state index in [0.717, 1.165) is 43.7 Å². The molecular weight excluding hydrogens is 302 g/mol. The minimum Gasteiger partial charge on any atom is -0.465 e. The molecule has 0 bridgehead atoms. The number of piperazine rings is 1. The van der Waals surface area contributed by atoms with Gasteiger partial charge in [-0.3, -0.25) is 9.80 Å². The zero-order valence-corrected chi connectivity index (χ0v) is 15.1. The van der Waals surface area contributed by atoms with E-state index < -0.39 is 0 Å². The van der Waals surface area contributed by atoms with Gasteiger partial charge in [0.05, 0.1) is 19.3 Å². The highest BCUT2D eigenvalue weighted by Crippen LogP contribution is 2.35. The van der Waals surface area contributed by atoms with Gasteiger partial charge in [0, 0.05) is 45.2 Å². The highest BCUT2D eigenvalue weighted by molar-refractivity contribution is 5.06. The van der Waals surface area contributed by atoms with Gasteiger partial charge >= 0.3 is 0 Å². The molecule has 3 fully saturated rings. The first kappa shape index (κ1) is 16.6. The molecule has 3 aliphatic rings. The van der Waals surface area contributed by atoms with E-state index in [9.17, 15) is 0 Å². The van der Waals surface area contributed by atoms with Gasteiger partial charge in [0.2, 0.25) is 0 Å². The molecule has 0 radical (unpaired) electrons. The standard InChI is InChI=1S/C19H31N3O2/c1-15-3-4-17(24-15)11-22-6-5-16-14-23-19(18(16)12-22)13-21-9-7-20(2)8-10-21/h3-4,16,18-19H,5-14H2,1-2H3/t16-,18-,19+/m0/s1. The Balaban J connectivity index is 1.33. The summed E-state index contributed by atoms with van der Waals surface area (Å²) in [5, 5.41) is 0. The topological polar surface area (TPSA) is 32.1 Å². The molecule has 5 nitrogen and oxygen atoms in total. The van der Waals surface area contributed by atoms with Gasteiger partial charge in [0.25, 0.3) is 0 Å². The minimum atomic E-state index is 0.416. The van der Waals surface area contributed by atoms with E-state index in [4.69, 9.17) is 9.15 Å². The Morgan fingerprint density at radius 2 is 1.92 bits per heavy atom. The molecule has 24 heavy (non-hydrogen) atoms. The van der Waals surface area contributed by atoms with Gasteiger partial charge in [-0.15, -0.1) is 0 Å². The van der Waals surface area contributed by atoms with Crippen LogP contribution < -0.4 is 0 Å². The van der Waals surface area contributed by atoms with Gasteiger partial charge in [-0.05, 0) is 45.0 Å². The van der Waals surface area contributed by atoms with Gasteiger partial charge in [0.1, 0.15) is 11.5 Å². The Labute approximate surface area is 145 Å². The molecule has 1 aromatic rings. The molecule has 0 spiro atoms. The second-order valence-corrected chi connectivity index (χ2v) is 7.94. The fourth-order valence-corrected chi connectivity index (χ4v) is 4.51. The second-order valence-electron chi connectivity index (χ2n) is 7.94. The summed E-state index contributed by atoms with van der Waals surface area (Å²) in [6, 6.07) is 4.19. The highest BCUT2D eigenvalue weighted by Gasteiger charge is 2.41. The summed E-state index contributed by atoms with van der Waals surface area (Å²) >= 11 is 0. The third-order valence-corrected chi connectivity index (χ3v) is 6.10. The lowest BCUT2D eigenvalue weighted by molar-refractivity contribution is 0.0289. The second kappa shape index (κ2) is 7.16. The molecule has 0 aliphatic carbocycles. The van der Waals surface area contributed by atoms with Gasteiger partial charge in [-0.25, -0.2) is 0 Å². The molecule has 0 aromatic carbocycles. The van der Waals surface area contributed by atoms with Gasteiger partial charge in [-0.2, -0.15) is 0 Å². The van der Waals surface area contributed by atoms with Crippen molar-refractivity contribution in [2.75, 3.05) is 59.5 Å². The summed E-state index contributed by atoms with van der Waals surface area (Å²) in [5.41, 5.74) is 0. The van der Waals surface area contributed by atoms with Crippen LogP contribution in [0.25, 0.3) is 0 Å². The van der Waals surface area contributed by atoms with Crippen molar-refractivity contribution in [1.82, 2.24) is 14.7 Å². The third kappa shape index (κ3) is 3.69. The van der Waals surface area contributed by atoms with Gasteiger partial charge in [-0.1, -0.05) is 0 Å². The Bertz CT molecular complexity index is 538. The molecule has 1 aromatic heterocycles. The number of aryl methyl sites for hydroxylation is 1. The molecule has 0 saturated carbocycles. The minimum absolute atomic E-state index is 0.416. The molecule has 3 aliphatic heterocycles. The number of piperidine rings is 1. The number of ether oxygens (including phenoxy) is 1. The molecule has 134 valence electrons. The van der Waals surface area contributed by atoms with Crippen LogP contribution in [0.2, 0.25) is 0 Å². The molecule has 0 amide bonds. The van der Waals surface area contributed by atoms with Crippen molar-refractivity contribution in [2.45, 2.75) is 26.0 Å². The summed E-state index contributed by atoms with van der Waals surface area (Å²) in [6.07, 6.45) is 1.68. The number of furan rings is 1. The van der Waals surface area contributed by atoms with Crippen LogP contribution in [-0.2, 0) is 11.3 Å². The zero-order valence-electron chi connectivity index (χ0n) is 15.1. The zero-order chi connectivity index (χ0) is 16.5. The van der Waals surface area contributed by atoms with E-state index in [1.165, 1.54) is 39.1 Å². The number of nitrogens with zero attached hydrogens (tertiary/aromatic N) is 3. The van der Waals surface area contributed by atoms with Crippen LogP contribution >= 0.6 is 0 Å². The Hall–Kier alpha value is -0.880. The summed E-state index contributed by atoms with van der Waals surface area (Å²) in [4.78, 5) is 7.58. The van der Waals surface area contributed by atoms with E-state index in [2.05, 4.69) is 33.9 Å². The monoisotopic (exact) mass is 333 g/mol. The maximum absolute atomic E-state index is 6.23. The highest BCUT2D eigenvalue weighted by atomic mass is 16.5. The van der Waals surface area contributed by atoms with E-state index in [1.807, 2.05) is 6.92 Å². The molecule has 4 heterocycles. The Morgan fingerprint density at radius 1 is 1.08 bits per heavy atom. The van der Waals surface area contributed by atoms with Gasteiger partial charge < -0.3 is 14.1 Å². The summed E-state index contributed by atoms with van der Waals surface area (Å²) in [6.45, 7) is 12.1. The van der Waals surface area contributed by atoms with Crippen molar-refractivity contribution < 1.29 is 9.15 Å². The Kier molecular flexibility index (Phi) is 4.95. The molecule has 0 unspecified atom stereocenters. The molecule has 5 heteroatoms. The number of likely N-dealkylation sites (tertiary alicyclic amines) is 1. The van der Waals surface area contributed by atoms with Crippen molar-refractivity contribution in [3.8, 4) is 0 Å². The number of hydrogen-bond donors (Lipinski definition) is 0. The van der Waals surface area contributed by atoms with Crippen molar-refractivity contribution >= 4 is 0 Å². The fraction of sp³-hybridized carbons (Fsp3) is 0.789. The average Bonchev–Trinajstić information content (AvgIpc) is 3.16. The summed E-state index contributed by atoms with van der Waals surface area (Å²) in [5.74, 6) is 3.56. The predicted octanol–water partition coefficient (Wildman–Crippen LogP) is 1.67. The smallest absolute Gasteiger partial charge is 0.118 e. The van der Waals surface area contributed by atoms with Crippen LogP contribution in [0.3, 0.4) is 0 Å². The lowest BCUT2D eigenvalue weighted by atomic mass is 9.84. The number of fused-ring (bicyclic) bond motifs is 1. The van der Waals surface area contributed by atoms with Crippen LogP contribution in [0.5, 0.6) is 0 Å². The van der Waals surface area contributed by atoms with Crippen molar-refractivity contribution in [1.29, 1.82) is 0 Å². The average molecular weight is 333 g/mol. The molecule has 3 atom stereocenters. The molecular formula is C19H31N3O2. The lowest BCUT2D eigenvalue weighted by Gasteiger charge is -2.38. The SMILES string of the molecule is Cc1ccc(CN2CC[C@H]3CO[C@H](CN4CCN(C)CC4)[C@H]3C2)o1. The quantitative estimate of drug-likeness (QED) is 0.837. The fourth-order valence-electron chi connectivity index (χ4n) is 4.51. The lowest BCUT2D eigenvalue weighted by Crippen LogP contribution is -2.49. The van der Waals surface area contributed by atoms with Crippen LogP contribution in [0, 0.1) is 18.8 Å². The maximum atomic E-state index is 6.23. The van der Waals surface area contributed by atoms with E-state index in [1.54, 1.807) is 0 Å². The molecule has 3 saturated heterocycles. The van der Waals surface area contributed by atoms with E-state index >= 15 is 0 Å².